The van der Waals surface area contributed by atoms with Crippen LogP contribution >= 0.6 is 0 Å². The van der Waals surface area contributed by atoms with Crippen LogP contribution < -0.4 is 22.2 Å². The largest absolute Gasteiger partial charge is 0.566 e. The highest BCUT2D eigenvalue weighted by Gasteiger charge is 2.52. The first-order valence-corrected chi connectivity index (χ1v) is 20.2. The summed E-state index contributed by atoms with van der Waals surface area (Å²) in [5.74, 6) is -0.583. The molecule has 13 heteroatoms. The van der Waals surface area contributed by atoms with Crippen LogP contribution in [-0.4, -0.2) is 77.4 Å². The van der Waals surface area contributed by atoms with E-state index in [1.54, 1.807) is 42.5 Å². The number of piperidine rings is 2. The fourth-order valence-electron chi connectivity index (χ4n) is 8.64. The van der Waals surface area contributed by atoms with Crippen molar-refractivity contribution in [2.24, 2.45) is 11.5 Å². The fourth-order valence-corrected chi connectivity index (χ4v) is 8.64. The molecule has 3 saturated heterocycles. The Hall–Kier alpha value is -5.76. The van der Waals surface area contributed by atoms with Crippen molar-refractivity contribution in [2.75, 3.05) is 31.5 Å². The van der Waals surface area contributed by atoms with Gasteiger partial charge in [0, 0.05) is 66.9 Å². The molecule has 1 aromatic heterocycles. The van der Waals surface area contributed by atoms with Crippen molar-refractivity contribution in [3.63, 3.8) is 0 Å². The Bertz CT molecular complexity index is 2350. The highest BCUT2D eigenvalue weighted by atomic mass is 16.7. The van der Waals surface area contributed by atoms with Crippen molar-refractivity contribution in [3.05, 3.63) is 131 Å². The van der Waals surface area contributed by atoms with Gasteiger partial charge in [-0.2, -0.15) is 0 Å². The van der Waals surface area contributed by atoms with E-state index in [-0.39, 0.29) is 18.2 Å². The molecule has 0 saturated carbocycles. The Labute approximate surface area is 338 Å². The number of nitrogens with two attached hydrogens (primary N) is 2. The van der Waals surface area contributed by atoms with E-state index in [2.05, 4.69) is 34.6 Å². The van der Waals surface area contributed by atoms with Crippen LogP contribution in [0.2, 0.25) is 0 Å². The van der Waals surface area contributed by atoms with Crippen LogP contribution in [0, 0.1) is 0 Å². The second-order valence-electron chi connectivity index (χ2n) is 15.9. The Morgan fingerprint density at radius 3 is 1.98 bits per heavy atom. The number of benzene rings is 4. The maximum absolute atomic E-state index is 13.7. The maximum Gasteiger partial charge on any atom is 0.566 e. The Kier molecular flexibility index (Phi) is 11.2. The first-order valence-electron chi connectivity index (χ1n) is 20.2. The smallest absolute Gasteiger partial charge is 0.504 e. The van der Waals surface area contributed by atoms with E-state index in [0.717, 1.165) is 36.8 Å². The molecule has 298 valence electrons. The topological polar surface area (TPSA) is 173 Å². The summed E-state index contributed by atoms with van der Waals surface area (Å²) in [6, 6.07) is 30.8. The third-order valence-electron chi connectivity index (χ3n) is 12.0. The van der Waals surface area contributed by atoms with Crippen molar-refractivity contribution in [1.29, 1.82) is 0 Å². The molecule has 1 atom stereocenters. The number of rotatable bonds is 10. The lowest BCUT2D eigenvalue weighted by Crippen LogP contribution is -2.39. The van der Waals surface area contributed by atoms with Crippen molar-refractivity contribution in [1.82, 2.24) is 14.8 Å². The molecule has 58 heavy (non-hydrogen) atoms. The minimum atomic E-state index is -1.57. The maximum atomic E-state index is 13.7. The van der Waals surface area contributed by atoms with E-state index in [1.807, 2.05) is 40.1 Å². The summed E-state index contributed by atoms with van der Waals surface area (Å²) in [4.78, 5) is 60.8. The number of nitrogens with zero attached hydrogens (tertiary/aromatic N) is 2. The lowest BCUT2D eigenvalue weighted by atomic mass is 9.77. The quantitative estimate of drug-likeness (QED) is 0.140. The second-order valence-corrected chi connectivity index (χ2v) is 15.9. The summed E-state index contributed by atoms with van der Waals surface area (Å²) in [6.45, 7) is 5.06. The summed E-state index contributed by atoms with van der Waals surface area (Å²) in [7, 11) is -1.08. The van der Waals surface area contributed by atoms with Gasteiger partial charge >= 0.3 is 13.1 Å². The van der Waals surface area contributed by atoms with E-state index >= 15 is 0 Å². The molecule has 3 amide bonds. The molecular weight excluding hydrogens is 731 g/mol. The number of carbonyl (C=O) groups is 4. The molecule has 4 aromatic carbocycles. The Morgan fingerprint density at radius 1 is 0.776 bits per heavy atom. The number of hydrogen-bond acceptors (Lipinski definition) is 8. The van der Waals surface area contributed by atoms with Gasteiger partial charge in [0.15, 0.2) is 5.60 Å². The van der Waals surface area contributed by atoms with E-state index < -0.39 is 24.6 Å². The van der Waals surface area contributed by atoms with Crippen LogP contribution in [0.1, 0.15) is 94.0 Å². The van der Waals surface area contributed by atoms with Crippen molar-refractivity contribution in [2.45, 2.75) is 69.6 Å². The molecule has 3 fully saturated rings. The van der Waals surface area contributed by atoms with Gasteiger partial charge in [-0.05, 0) is 97.0 Å². The molecule has 12 nitrogen and oxygen atoms in total. The third-order valence-corrected chi connectivity index (χ3v) is 12.0. The van der Waals surface area contributed by atoms with Crippen LogP contribution in [0.5, 0.6) is 0 Å². The molecule has 0 bridgehead atoms. The predicted molar refractivity (Wildman–Crippen MR) is 223 cm³/mol. The van der Waals surface area contributed by atoms with Gasteiger partial charge < -0.3 is 40.9 Å². The molecule has 0 unspecified atom stereocenters. The zero-order valence-electron chi connectivity index (χ0n) is 32.7. The van der Waals surface area contributed by atoms with Crippen LogP contribution in [0.25, 0.3) is 10.9 Å². The molecular formula is C45H49BN6O6. The molecule has 3 aliphatic heterocycles. The number of amides is 3. The van der Waals surface area contributed by atoms with Gasteiger partial charge in [0.25, 0.3) is 11.8 Å². The van der Waals surface area contributed by atoms with Gasteiger partial charge in [-0.1, -0.05) is 66.7 Å². The normalized spacial score (nSPS) is 19.1. The van der Waals surface area contributed by atoms with Crippen LogP contribution in [0.15, 0.2) is 97.1 Å². The number of hydrogen-bond donors (Lipinski definition) is 4. The Morgan fingerprint density at radius 2 is 1.36 bits per heavy atom. The number of H-pyrrole nitrogens is 1. The number of anilines is 1. The van der Waals surface area contributed by atoms with Crippen molar-refractivity contribution < 1.29 is 28.5 Å². The monoisotopic (exact) mass is 780 g/mol. The zero-order valence-corrected chi connectivity index (χ0v) is 32.7. The summed E-state index contributed by atoms with van der Waals surface area (Å²) in [6.07, 6.45) is 3.13. The lowest BCUT2D eigenvalue weighted by Gasteiger charge is -2.32. The standard InChI is InChI=1S/C45H49BN6O6/c1-45(26-41(53)49-36-11-4-10-35(24-36)42(54)51-18-14-31(15-19-51)33-8-2-6-29(22-33)27-47)44(56)57-46(58-45)38-12-5-13-39-37(38)25-40(50-39)43(55)52-20-16-32(17-21-52)34-9-3-7-30(23-34)28-48/h2-13,22-25,31-32,50H,14-21,26-28,47-48H2,1H3,(H,49,53)/t45-/m0/s1. The minimum absolute atomic E-state index is 0.0951. The Balaban J connectivity index is 0.873. The van der Waals surface area contributed by atoms with Crippen LogP contribution in [0.3, 0.4) is 0 Å². The summed E-state index contributed by atoms with van der Waals surface area (Å²) < 4.78 is 11.9. The first-order chi connectivity index (χ1) is 28.1. The average Bonchev–Trinajstić information content (AvgIpc) is 3.83. The van der Waals surface area contributed by atoms with Gasteiger partial charge in [0.2, 0.25) is 5.91 Å². The van der Waals surface area contributed by atoms with Crippen LogP contribution in [0.4, 0.5) is 5.69 Å². The number of likely N-dealkylation sites (tertiary alicyclic amines) is 2. The molecule has 6 N–H and O–H groups in total. The minimum Gasteiger partial charge on any atom is -0.504 e. The number of nitrogens with one attached hydrogen (secondary N) is 2. The van der Waals surface area contributed by atoms with E-state index in [1.165, 1.54) is 18.1 Å². The van der Waals surface area contributed by atoms with E-state index in [4.69, 9.17) is 20.8 Å². The summed E-state index contributed by atoms with van der Waals surface area (Å²) >= 11 is 0. The average molecular weight is 781 g/mol. The van der Waals surface area contributed by atoms with Gasteiger partial charge in [-0.25, -0.2) is 0 Å². The van der Waals surface area contributed by atoms with Crippen molar-refractivity contribution >= 4 is 52.9 Å². The molecule has 0 aliphatic carbocycles. The van der Waals surface area contributed by atoms with E-state index in [9.17, 15) is 19.2 Å². The fraction of sp³-hybridized carbons (Fsp3) is 0.333. The van der Waals surface area contributed by atoms with Gasteiger partial charge in [-0.15, -0.1) is 0 Å². The van der Waals surface area contributed by atoms with Crippen molar-refractivity contribution in [3.8, 4) is 0 Å². The highest BCUT2D eigenvalue weighted by molar-refractivity contribution is 6.67. The van der Waals surface area contributed by atoms with Crippen LogP contribution in [-0.2, 0) is 32.0 Å². The summed E-state index contributed by atoms with van der Waals surface area (Å²) in [5, 5.41) is 3.53. The predicted octanol–water partition coefficient (Wildman–Crippen LogP) is 5.18. The second kappa shape index (κ2) is 16.6. The highest BCUT2D eigenvalue weighted by Crippen LogP contribution is 2.32. The molecule has 0 radical (unpaired) electrons. The van der Waals surface area contributed by atoms with Gasteiger partial charge in [0.1, 0.15) is 5.69 Å². The lowest BCUT2D eigenvalue weighted by molar-refractivity contribution is -0.144. The van der Waals surface area contributed by atoms with Gasteiger partial charge in [-0.3, -0.25) is 19.2 Å². The molecule has 8 rings (SSSR count). The number of aromatic nitrogens is 1. The summed E-state index contributed by atoms with van der Waals surface area (Å²) in [5.41, 5.74) is 17.5. The molecule has 5 aromatic rings. The molecule has 4 heterocycles. The SMILES string of the molecule is C[C@@]1(CC(=O)Nc2cccc(C(=O)N3CCC(c4cccc(CN)c4)CC3)c2)OB(c2cccc3[nH]c(C(=O)N4CCC(c5cccc(CN)c5)CC4)cc23)OC1=O. The van der Waals surface area contributed by atoms with E-state index in [0.29, 0.717) is 84.4 Å². The molecule has 3 aliphatic rings. The first kappa shape index (κ1) is 39.1. The number of fused-ring (bicyclic) bond motifs is 1. The zero-order chi connectivity index (χ0) is 40.4. The number of carbonyl (C=O) groups excluding carboxylic acids is 4. The molecule has 0 spiro atoms. The van der Waals surface area contributed by atoms with Gasteiger partial charge in [0.05, 0.1) is 6.42 Å². The third kappa shape index (κ3) is 8.15. The number of aromatic amines is 1.